The Morgan fingerprint density at radius 1 is 1.41 bits per heavy atom. The van der Waals surface area contributed by atoms with Crippen LogP contribution in [0.25, 0.3) is 0 Å². The summed E-state index contributed by atoms with van der Waals surface area (Å²) in [5, 5.41) is 3.26. The topological polar surface area (TPSA) is 33.6 Å². The monoisotopic (exact) mass is 230 g/mol. The maximum absolute atomic E-state index is 5.90. The van der Waals surface area contributed by atoms with E-state index in [1.165, 1.54) is 0 Å². The van der Waals surface area contributed by atoms with E-state index in [4.69, 9.17) is 4.74 Å². The molecule has 0 unspecified atom stereocenters. The van der Waals surface area contributed by atoms with Gasteiger partial charge in [-0.25, -0.2) is 0 Å². The van der Waals surface area contributed by atoms with E-state index in [2.05, 4.69) is 16.9 Å². The lowest BCUT2D eigenvalue weighted by molar-refractivity contribution is 0.271. The third-order valence-corrected chi connectivity index (χ3v) is 2.95. The lowest BCUT2D eigenvalue weighted by Crippen LogP contribution is -2.22. The Morgan fingerprint density at radius 3 is 3.00 bits per heavy atom. The average Bonchev–Trinajstić information content (AvgIpc) is 2.46. The molecule has 2 aliphatic heterocycles. The summed E-state index contributed by atoms with van der Waals surface area (Å²) >= 11 is 0. The third-order valence-electron chi connectivity index (χ3n) is 2.95. The highest BCUT2D eigenvalue weighted by molar-refractivity contribution is 5.99. The second-order valence-electron chi connectivity index (χ2n) is 4.19. The van der Waals surface area contributed by atoms with Gasteiger partial charge < -0.3 is 10.1 Å². The minimum Gasteiger partial charge on any atom is -0.439 e. The predicted octanol–water partition coefficient (Wildman–Crippen LogP) is 3.05. The maximum atomic E-state index is 5.90. The minimum absolute atomic E-state index is 0.802. The fraction of sp³-hybridized carbons (Fsp3) is 0.357. The van der Waals surface area contributed by atoms with Gasteiger partial charge >= 0.3 is 0 Å². The number of ether oxygens (including phenoxy) is 1. The molecular formula is C14H18N2O. The fourth-order valence-corrected chi connectivity index (χ4v) is 1.84. The first-order valence-electron chi connectivity index (χ1n) is 5.93. The number of nitrogens with one attached hydrogen (secondary N) is 1. The van der Waals surface area contributed by atoms with E-state index in [0.717, 1.165) is 48.0 Å². The standard InChI is InChI=1S/C14H18N2O/c1-4-5-8-13-10(2)11(3)16-12-7-6-9-15-14(12)17-13/h4-5,8,15H,1,6-7,9H2,2-3H3/b8-5-. The van der Waals surface area contributed by atoms with E-state index >= 15 is 0 Å². The zero-order valence-corrected chi connectivity index (χ0v) is 10.4. The van der Waals surface area contributed by atoms with Crippen LogP contribution in [0.5, 0.6) is 0 Å². The summed E-state index contributed by atoms with van der Waals surface area (Å²) in [5.74, 6) is 1.64. The molecule has 0 fully saturated rings. The van der Waals surface area contributed by atoms with Crippen molar-refractivity contribution in [3.05, 3.63) is 47.7 Å². The van der Waals surface area contributed by atoms with Crippen LogP contribution in [0.1, 0.15) is 26.7 Å². The van der Waals surface area contributed by atoms with Crippen LogP contribution in [0.3, 0.4) is 0 Å². The first-order valence-corrected chi connectivity index (χ1v) is 5.93. The molecule has 0 aromatic carbocycles. The van der Waals surface area contributed by atoms with E-state index in [0.29, 0.717) is 0 Å². The third kappa shape index (κ3) is 2.49. The lowest BCUT2D eigenvalue weighted by Gasteiger charge is -2.18. The number of aliphatic imine (C=N–C) groups is 1. The Kier molecular flexibility index (Phi) is 3.47. The summed E-state index contributed by atoms with van der Waals surface area (Å²) in [4.78, 5) is 4.63. The second-order valence-corrected chi connectivity index (χ2v) is 4.19. The zero-order valence-electron chi connectivity index (χ0n) is 10.4. The maximum Gasteiger partial charge on any atom is 0.215 e. The van der Waals surface area contributed by atoms with Gasteiger partial charge in [0, 0.05) is 17.8 Å². The van der Waals surface area contributed by atoms with Gasteiger partial charge in [-0.15, -0.1) is 0 Å². The molecule has 2 rings (SSSR count). The van der Waals surface area contributed by atoms with Crippen LogP contribution in [0.4, 0.5) is 0 Å². The zero-order chi connectivity index (χ0) is 12.3. The molecule has 0 aromatic rings. The van der Waals surface area contributed by atoms with Gasteiger partial charge in [0.15, 0.2) is 0 Å². The smallest absolute Gasteiger partial charge is 0.215 e. The normalized spacial score (nSPS) is 20.5. The summed E-state index contributed by atoms with van der Waals surface area (Å²) in [7, 11) is 0. The number of hydrogen-bond donors (Lipinski definition) is 1. The quantitative estimate of drug-likeness (QED) is 0.740. The van der Waals surface area contributed by atoms with Crippen LogP contribution in [0.15, 0.2) is 52.7 Å². The highest BCUT2D eigenvalue weighted by atomic mass is 16.5. The van der Waals surface area contributed by atoms with Crippen molar-refractivity contribution < 1.29 is 4.74 Å². The largest absolute Gasteiger partial charge is 0.439 e. The molecule has 0 amide bonds. The van der Waals surface area contributed by atoms with Crippen molar-refractivity contribution in [2.75, 3.05) is 6.54 Å². The van der Waals surface area contributed by atoms with Crippen molar-refractivity contribution in [3.8, 4) is 0 Å². The summed E-state index contributed by atoms with van der Waals surface area (Å²) < 4.78 is 5.90. The van der Waals surface area contributed by atoms with E-state index in [-0.39, 0.29) is 0 Å². The molecule has 0 aromatic heterocycles. The van der Waals surface area contributed by atoms with Gasteiger partial charge in [-0.3, -0.25) is 4.99 Å². The number of allylic oxidation sites excluding steroid dienone is 5. The SMILES string of the molecule is C=C/C=C\C1=C(C)C(C)=NC2=C(NCCC2)O1. The molecule has 0 aliphatic carbocycles. The van der Waals surface area contributed by atoms with Gasteiger partial charge in [-0.05, 0) is 32.8 Å². The minimum atomic E-state index is 0.802. The van der Waals surface area contributed by atoms with E-state index in [1.807, 2.05) is 26.0 Å². The molecule has 2 aliphatic rings. The molecule has 0 radical (unpaired) electrons. The summed E-state index contributed by atoms with van der Waals surface area (Å²) in [5.41, 5.74) is 3.11. The van der Waals surface area contributed by atoms with Gasteiger partial charge in [0.1, 0.15) is 11.5 Å². The highest BCUT2D eigenvalue weighted by Gasteiger charge is 2.19. The van der Waals surface area contributed by atoms with Crippen LogP contribution >= 0.6 is 0 Å². The van der Waals surface area contributed by atoms with E-state index < -0.39 is 0 Å². The molecule has 3 nitrogen and oxygen atoms in total. The molecule has 0 bridgehead atoms. The molecule has 1 N–H and O–H groups in total. The Morgan fingerprint density at radius 2 is 2.24 bits per heavy atom. The first kappa shape index (κ1) is 11.7. The Bertz CT molecular complexity index is 453. The van der Waals surface area contributed by atoms with Crippen LogP contribution in [-0.2, 0) is 4.74 Å². The highest BCUT2D eigenvalue weighted by Crippen LogP contribution is 2.25. The van der Waals surface area contributed by atoms with Crippen molar-refractivity contribution in [2.24, 2.45) is 4.99 Å². The summed E-state index contributed by atoms with van der Waals surface area (Å²) in [6.07, 6.45) is 7.62. The van der Waals surface area contributed by atoms with Crippen LogP contribution < -0.4 is 5.32 Å². The Hall–Kier alpha value is -1.77. The Labute approximate surface area is 102 Å². The molecule has 0 saturated carbocycles. The van der Waals surface area contributed by atoms with Crippen molar-refractivity contribution >= 4 is 5.71 Å². The number of hydrogen-bond acceptors (Lipinski definition) is 3. The van der Waals surface area contributed by atoms with Crippen LogP contribution in [0, 0.1) is 0 Å². The number of rotatable bonds is 2. The molecular weight excluding hydrogens is 212 g/mol. The molecule has 0 spiro atoms. The molecule has 0 saturated heterocycles. The molecule has 3 heteroatoms. The van der Waals surface area contributed by atoms with Gasteiger partial charge in [0.2, 0.25) is 5.88 Å². The van der Waals surface area contributed by atoms with Crippen LogP contribution in [-0.4, -0.2) is 12.3 Å². The number of nitrogens with zero attached hydrogens (tertiary/aromatic N) is 1. The van der Waals surface area contributed by atoms with Gasteiger partial charge in [0.25, 0.3) is 0 Å². The molecule has 17 heavy (non-hydrogen) atoms. The molecule has 2 heterocycles. The lowest BCUT2D eigenvalue weighted by atomic mass is 10.1. The van der Waals surface area contributed by atoms with Gasteiger partial charge in [-0.2, -0.15) is 0 Å². The predicted molar refractivity (Wildman–Crippen MR) is 70.5 cm³/mol. The summed E-state index contributed by atoms with van der Waals surface area (Å²) in [6, 6.07) is 0. The summed E-state index contributed by atoms with van der Waals surface area (Å²) in [6.45, 7) is 8.67. The van der Waals surface area contributed by atoms with E-state index in [1.54, 1.807) is 6.08 Å². The van der Waals surface area contributed by atoms with E-state index in [9.17, 15) is 0 Å². The van der Waals surface area contributed by atoms with Crippen molar-refractivity contribution in [1.82, 2.24) is 5.32 Å². The first-order chi connectivity index (χ1) is 8.22. The Balaban J connectivity index is 2.38. The van der Waals surface area contributed by atoms with Gasteiger partial charge in [0.05, 0.1) is 0 Å². The van der Waals surface area contributed by atoms with Crippen LogP contribution in [0.2, 0.25) is 0 Å². The fourth-order valence-electron chi connectivity index (χ4n) is 1.84. The van der Waals surface area contributed by atoms with Crippen molar-refractivity contribution in [3.63, 3.8) is 0 Å². The molecule has 0 atom stereocenters. The molecule has 90 valence electrons. The average molecular weight is 230 g/mol. The van der Waals surface area contributed by atoms with Crippen molar-refractivity contribution in [2.45, 2.75) is 26.7 Å². The van der Waals surface area contributed by atoms with Crippen molar-refractivity contribution in [1.29, 1.82) is 0 Å². The second kappa shape index (κ2) is 5.04. The van der Waals surface area contributed by atoms with Gasteiger partial charge in [-0.1, -0.05) is 18.7 Å².